The Hall–Kier alpha value is -1.45. The topological polar surface area (TPSA) is 78.8 Å². The van der Waals surface area contributed by atoms with E-state index in [9.17, 15) is 13.2 Å². The predicted molar refractivity (Wildman–Crippen MR) is 125 cm³/mol. The molecule has 1 N–H and O–H groups in total. The Morgan fingerprint density at radius 2 is 1.83 bits per heavy atom. The van der Waals surface area contributed by atoms with Crippen LogP contribution in [0.25, 0.3) is 0 Å². The molecule has 1 fully saturated rings. The van der Waals surface area contributed by atoms with Crippen LogP contribution in [0, 0.1) is 0 Å². The lowest BCUT2D eigenvalue weighted by molar-refractivity contribution is -0.113. The monoisotopic (exact) mass is 503 g/mol. The lowest BCUT2D eigenvalue weighted by Gasteiger charge is -2.26. The minimum absolute atomic E-state index is 0.00985. The van der Waals surface area contributed by atoms with E-state index in [0.29, 0.717) is 31.6 Å². The molecule has 2 atom stereocenters. The van der Waals surface area contributed by atoms with Crippen molar-refractivity contribution < 1.29 is 13.2 Å². The Bertz CT molecular complexity index is 1120. The third-order valence-electron chi connectivity index (χ3n) is 4.67. The zero-order chi connectivity index (χ0) is 21.5. The van der Waals surface area contributed by atoms with Gasteiger partial charge in [-0.2, -0.15) is 0 Å². The second kappa shape index (κ2) is 8.59. The van der Waals surface area contributed by atoms with Gasteiger partial charge in [-0.05, 0) is 36.4 Å². The number of nitrogens with one attached hydrogen (secondary N) is 1. The standard InChI is InChI=1S/C19H16Cl3N3O3S2/c20-11-2-1-3-14(5-11)23-18(26)8-29-19-24-16-9-30(27,28)10-17(16)25(19)15-6-12(21)4-13(22)7-15/h1-7,16-17H,8-10H2,(H,23,26)/t16-,17-/m1/s1. The van der Waals surface area contributed by atoms with Gasteiger partial charge in [-0.25, -0.2) is 8.42 Å². The Morgan fingerprint density at radius 1 is 1.10 bits per heavy atom. The highest BCUT2D eigenvalue weighted by Gasteiger charge is 2.47. The van der Waals surface area contributed by atoms with Gasteiger partial charge in [0.1, 0.15) is 0 Å². The molecule has 0 bridgehead atoms. The van der Waals surface area contributed by atoms with Gasteiger partial charge < -0.3 is 10.2 Å². The fourth-order valence-corrected chi connectivity index (χ4v) is 6.98. The van der Waals surface area contributed by atoms with E-state index in [1.165, 1.54) is 11.8 Å². The van der Waals surface area contributed by atoms with Gasteiger partial charge in [0, 0.05) is 26.4 Å². The number of fused-ring (bicyclic) bond motifs is 1. The number of benzene rings is 2. The zero-order valence-electron chi connectivity index (χ0n) is 15.4. The summed E-state index contributed by atoms with van der Waals surface area (Å²) in [6.07, 6.45) is 0. The molecule has 0 aliphatic carbocycles. The summed E-state index contributed by atoms with van der Waals surface area (Å²) < 4.78 is 24.3. The Labute approximate surface area is 193 Å². The molecule has 1 amide bonds. The van der Waals surface area contributed by atoms with Gasteiger partial charge in [-0.15, -0.1) is 0 Å². The largest absolute Gasteiger partial charge is 0.325 e. The van der Waals surface area contributed by atoms with Crippen LogP contribution in [0.4, 0.5) is 11.4 Å². The number of nitrogens with zero attached hydrogens (tertiary/aromatic N) is 2. The highest BCUT2D eigenvalue weighted by Crippen LogP contribution is 2.37. The highest BCUT2D eigenvalue weighted by atomic mass is 35.5. The number of hydrogen-bond acceptors (Lipinski definition) is 6. The van der Waals surface area contributed by atoms with E-state index in [1.807, 2.05) is 4.90 Å². The minimum Gasteiger partial charge on any atom is -0.325 e. The molecule has 2 aromatic rings. The third kappa shape index (κ3) is 4.89. The maximum Gasteiger partial charge on any atom is 0.234 e. The van der Waals surface area contributed by atoms with E-state index in [4.69, 9.17) is 34.8 Å². The van der Waals surface area contributed by atoms with Crippen molar-refractivity contribution in [2.75, 3.05) is 27.5 Å². The number of sulfone groups is 1. The average molecular weight is 505 g/mol. The predicted octanol–water partition coefficient (Wildman–Crippen LogP) is 4.36. The molecule has 2 heterocycles. The second-order valence-electron chi connectivity index (χ2n) is 6.97. The molecular formula is C19H16Cl3N3O3S2. The van der Waals surface area contributed by atoms with Crippen LogP contribution in [0.2, 0.25) is 15.1 Å². The number of anilines is 2. The molecule has 4 rings (SSSR count). The maximum absolute atomic E-state index is 12.4. The average Bonchev–Trinajstić information content (AvgIpc) is 3.10. The summed E-state index contributed by atoms with van der Waals surface area (Å²) in [5.74, 6) is -0.146. The highest BCUT2D eigenvalue weighted by molar-refractivity contribution is 8.14. The number of carbonyl (C=O) groups is 1. The molecule has 0 aromatic heterocycles. The summed E-state index contributed by atoms with van der Waals surface area (Å²) in [7, 11) is -3.18. The van der Waals surface area contributed by atoms with Gasteiger partial charge >= 0.3 is 0 Å². The van der Waals surface area contributed by atoms with Crippen molar-refractivity contribution >= 4 is 78.9 Å². The molecular weight excluding hydrogens is 489 g/mol. The molecule has 0 spiro atoms. The first-order valence-corrected chi connectivity index (χ1v) is 12.9. The number of aliphatic imine (C=N–C) groups is 1. The molecule has 6 nitrogen and oxygen atoms in total. The zero-order valence-corrected chi connectivity index (χ0v) is 19.3. The van der Waals surface area contributed by atoms with Crippen LogP contribution in [0.5, 0.6) is 0 Å². The van der Waals surface area contributed by atoms with Crippen LogP contribution in [0.3, 0.4) is 0 Å². The van der Waals surface area contributed by atoms with E-state index in [-0.39, 0.29) is 35.2 Å². The molecule has 2 aliphatic rings. The van der Waals surface area contributed by atoms with Crippen molar-refractivity contribution in [1.82, 2.24) is 0 Å². The lowest BCUT2D eigenvalue weighted by Crippen LogP contribution is -2.39. The summed E-state index contributed by atoms with van der Waals surface area (Å²) in [6, 6.07) is 11.2. The Kier molecular flexibility index (Phi) is 6.23. The number of thioether (sulfide) groups is 1. The van der Waals surface area contributed by atoms with Gasteiger partial charge in [-0.3, -0.25) is 9.79 Å². The Morgan fingerprint density at radius 3 is 2.53 bits per heavy atom. The summed E-state index contributed by atoms with van der Waals surface area (Å²) in [5.41, 5.74) is 1.25. The fourth-order valence-electron chi connectivity index (χ4n) is 3.51. The molecule has 2 aliphatic heterocycles. The van der Waals surface area contributed by atoms with Gasteiger partial charge in [0.15, 0.2) is 15.0 Å². The number of rotatable bonds is 4. The Balaban J connectivity index is 1.53. The van der Waals surface area contributed by atoms with Crippen molar-refractivity contribution in [3.8, 4) is 0 Å². The third-order valence-corrected chi connectivity index (χ3v) is 8.01. The SMILES string of the molecule is O=C(CSC1=N[C@@H]2CS(=O)(=O)C[C@H]2N1c1cc(Cl)cc(Cl)c1)Nc1cccc(Cl)c1. The normalized spacial score (nSPS) is 22.0. The molecule has 158 valence electrons. The molecule has 2 aromatic carbocycles. The van der Waals surface area contributed by atoms with Crippen molar-refractivity contribution in [2.24, 2.45) is 4.99 Å². The molecule has 11 heteroatoms. The summed E-state index contributed by atoms with van der Waals surface area (Å²) >= 11 is 19.5. The molecule has 1 saturated heterocycles. The van der Waals surface area contributed by atoms with Crippen LogP contribution in [-0.4, -0.2) is 48.8 Å². The first kappa shape index (κ1) is 21.8. The number of carbonyl (C=O) groups excluding carboxylic acids is 1. The van der Waals surface area contributed by atoms with Crippen molar-refractivity contribution in [2.45, 2.75) is 12.1 Å². The quantitative estimate of drug-likeness (QED) is 0.669. The number of amides is 1. The van der Waals surface area contributed by atoms with E-state index >= 15 is 0 Å². The van der Waals surface area contributed by atoms with Gasteiger partial charge in [0.25, 0.3) is 0 Å². The van der Waals surface area contributed by atoms with E-state index in [1.54, 1.807) is 42.5 Å². The lowest BCUT2D eigenvalue weighted by atomic mass is 10.1. The molecule has 30 heavy (non-hydrogen) atoms. The van der Waals surface area contributed by atoms with Crippen LogP contribution in [-0.2, 0) is 14.6 Å². The van der Waals surface area contributed by atoms with E-state index in [2.05, 4.69) is 10.3 Å². The van der Waals surface area contributed by atoms with Gasteiger partial charge in [-0.1, -0.05) is 52.6 Å². The van der Waals surface area contributed by atoms with Crippen molar-refractivity contribution in [1.29, 1.82) is 0 Å². The van der Waals surface area contributed by atoms with E-state index < -0.39 is 9.84 Å². The number of amidine groups is 1. The van der Waals surface area contributed by atoms with E-state index in [0.717, 1.165) is 0 Å². The minimum atomic E-state index is -3.18. The number of halogens is 3. The summed E-state index contributed by atoms with van der Waals surface area (Å²) in [6.45, 7) is 0. The molecule has 0 saturated carbocycles. The smallest absolute Gasteiger partial charge is 0.234 e. The van der Waals surface area contributed by atoms with Crippen molar-refractivity contribution in [3.05, 3.63) is 57.5 Å². The first-order valence-electron chi connectivity index (χ1n) is 8.92. The van der Waals surface area contributed by atoms with Crippen LogP contribution in [0.15, 0.2) is 47.5 Å². The van der Waals surface area contributed by atoms with Gasteiger partial charge in [0.2, 0.25) is 5.91 Å². The van der Waals surface area contributed by atoms with Crippen LogP contribution < -0.4 is 10.2 Å². The number of hydrogen-bond donors (Lipinski definition) is 1. The van der Waals surface area contributed by atoms with Crippen LogP contribution >= 0.6 is 46.6 Å². The van der Waals surface area contributed by atoms with Crippen molar-refractivity contribution in [3.63, 3.8) is 0 Å². The first-order chi connectivity index (χ1) is 14.2. The van der Waals surface area contributed by atoms with Crippen LogP contribution in [0.1, 0.15) is 0 Å². The fraction of sp³-hybridized carbons (Fsp3) is 0.263. The maximum atomic E-state index is 12.4. The summed E-state index contributed by atoms with van der Waals surface area (Å²) in [5, 5.41) is 4.75. The summed E-state index contributed by atoms with van der Waals surface area (Å²) in [4.78, 5) is 18.8. The van der Waals surface area contributed by atoms with Gasteiger partial charge in [0.05, 0.1) is 29.3 Å². The molecule has 0 unspecified atom stereocenters. The molecule has 0 radical (unpaired) electrons. The second-order valence-corrected chi connectivity index (χ2v) is 11.4.